The van der Waals surface area contributed by atoms with Crippen LogP contribution in [0, 0.1) is 0 Å². The van der Waals surface area contributed by atoms with E-state index in [-0.39, 0.29) is 18.9 Å². The molecule has 0 saturated heterocycles. The minimum atomic E-state index is -0.172. The Bertz CT molecular complexity index is 1070. The molecule has 0 saturated carbocycles. The molecule has 1 N–H and O–H groups in total. The second kappa shape index (κ2) is 7.33. The zero-order chi connectivity index (χ0) is 17.8. The summed E-state index contributed by atoms with van der Waals surface area (Å²) in [4.78, 5) is 22.1. The Labute approximate surface area is 151 Å². The van der Waals surface area contributed by atoms with E-state index < -0.39 is 0 Å². The van der Waals surface area contributed by atoms with Gasteiger partial charge in [-0.15, -0.1) is 0 Å². The van der Waals surface area contributed by atoms with Crippen LogP contribution in [0.1, 0.15) is 11.1 Å². The van der Waals surface area contributed by atoms with Gasteiger partial charge in [-0.25, -0.2) is 5.48 Å². The largest absolute Gasteiger partial charge is 0.272 e. The first-order chi connectivity index (χ1) is 12.8. The van der Waals surface area contributed by atoms with Crippen LogP contribution in [0.3, 0.4) is 0 Å². The maximum Gasteiger partial charge on any atom is 0.247 e. The summed E-state index contributed by atoms with van der Waals surface area (Å²) in [5.41, 5.74) is 5.35. The molecule has 0 fully saturated rings. The highest BCUT2D eigenvalue weighted by molar-refractivity contribution is 5.90. The lowest BCUT2D eigenvalue weighted by molar-refractivity contribution is -0.133. The van der Waals surface area contributed by atoms with Gasteiger partial charge in [0.15, 0.2) is 0 Å². The molecule has 4 aromatic rings. The molecule has 0 aliphatic rings. The number of fused-ring (bicyclic) bond motifs is 2. The fraction of sp³-hybridized carbons (Fsp3) is 0.0909. The summed E-state index contributed by atoms with van der Waals surface area (Å²) in [6.45, 7) is 0.273. The number of aromatic nitrogens is 1. The van der Waals surface area contributed by atoms with E-state index in [4.69, 9.17) is 4.84 Å². The lowest BCUT2D eigenvalue weighted by Crippen LogP contribution is -2.25. The molecule has 1 aromatic heterocycles. The fourth-order valence-corrected chi connectivity index (χ4v) is 3.13. The normalized spacial score (nSPS) is 10.9. The third-order valence-corrected chi connectivity index (χ3v) is 4.36. The molecule has 128 valence electrons. The van der Waals surface area contributed by atoms with E-state index in [1.807, 2.05) is 72.8 Å². The van der Waals surface area contributed by atoms with Gasteiger partial charge in [0, 0.05) is 17.1 Å². The van der Waals surface area contributed by atoms with Crippen molar-refractivity contribution in [3.8, 4) is 0 Å². The fourth-order valence-electron chi connectivity index (χ4n) is 3.13. The first kappa shape index (κ1) is 16.2. The molecule has 0 unspecified atom stereocenters. The van der Waals surface area contributed by atoms with Crippen LogP contribution in [0.15, 0.2) is 79.0 Å². The number of para-hydroxylation sites is 1. The average Bonchev–Trinajstić information content (AvgIpc) is 2.68. The number of carbonyl (C=O) groups excluding carboxylic acids is 1. The van der Waals surface area contributed by atoms with E-state index in [1.165, 1.54) is 0 Å². The Morgan fingerprint density at radius 1 is 0.846 bits per heavy atom. The summed E-state index contributed by atoms with van der Waals surface area (Å²) >= 11 is 0. The predicted molar refractivity (Wildman–Crippen MR) is 102 cm³/mol. The Hall–Kier alpha value is -3.24. The Kier molecular flexibility index (Phi) is 4.58. The lowest BCUT2D eigenvalue weighted by Gasteiger charge is -2.09. The predicted octanol–water partition coefficient (Wildman–Crippen LogP) is 4.18. The highest BCUT2D eigenvalue weighted by Gasteiger charge is 2.08. The van der Waals surface area contributed by atoms with Gasteiger partial charge in [-0.1, -0.05) is 66.7 Å². The molecule has 4 heteroatoms. The van der Waals surface area contributed by atoms with Gasteiger partial charge in [0.2, 0.25) is 5.91 Å². The SMILES string of the molecule is O=C(Cc1cccc2ccccc12)NOCc1cccc2cccnc12. The molecule has 4 nitrogen and oxygen atoms in total. The van der Waals surface area contributed by atoms with Gasteiger partial charge in [0.1, 0.15) is 6.61 Å². The smallest absolute Gasteiger partial charge is 0.247 e. The molecule has 3 aromatic carbocycles. The third kappa shape index (κ3) is 3.41. The highest BCUT2D eigenvalue weighted by atomic mass is 16.6. The first-order valence-electron chi connectivity index (χ1n) is 8.51. The van der Waals surface area contributed by atoms with Crippen LogP contribution in [0.2, 0.25) is 0 Å². The van der Waals surface area contributed by atoms with E-state index in [1.54, 1.807) is 6.20 Å². The maximum absolute atomic E-state index is 12.3. The van der Waals surface area contributed by atoms with Crippen LogP contribution < -0.4 is 5.48 Å². The molecule has 4 rings (SSSR count). The monoisotopic (exact) mass is 342 g/mol. The number of hydrogen-bond acceptors (Lipinski definition) is 3. The van der Waals surface area contributed by atoms with Gasteiger partial charge in [-0.2, -0.15) is 0 Å². The Morgan fingerprint density at radius 3 is 2.50 bits per heavy atom. The van der Waals surface area contributed by atoms with Gasteiger partial charge < -0.3 is 0 Å². The Morgan fingerprint density at radius 2 is 1.58 bits per heavy atom. The zero-order valence-electron chi connectivity index (χ0n) is 14.2. The molecule has 26 heavy (non-hydrogen) atoms. The molecule has 1 heterocycles. The van der Waals surface area contributed by atoms with Crippen molar-refractivity contribution < 1.29 is 9.63 Å². The van der Waals surface area contributed by atoms with Crippen molar-refractivity contribution in [2.45, 2.75) is 13.0 Å². The minimum Gasteiger partial charge on any atom is -0.272 e. The van der Waals surface area contributed by atoms with Crippen molar-refractivity contribution in [1.82, 2.24) is 10.5 Å². The van der Waals surface area contributed by atoms with Gasteiger partial charge >= 0.3 is 0 Å². The molecule has 0 aliphatic carbocycles. The van der Waals surface area contributed by atoms with E-state index in [9.17, 15) is 4.79 Å². The number of rotatable bonds is 5. The summed E-state index contributed by atoms with van der Waals surface area (Å²) in [6, 6.07) is 23.8. The van der Waals surface area contributed by atoms with Crippen LogP contribution in [-0.2, 0) is 22.7 Å². The van der Waals surface area contributed by atoms with Crippen LogP contribution in [0.5, 0.6) is 0 Å². The van der Waals surface area contributed by atoms with E-state index >= 15 is 0 Å². The van der Waals surface area contributed by atoms with Crippen LogP contribution in [0.4, 0.5) is 0 Å². The van der Waals surface area contributed by atoms with E-state index in [0.29, 0.717) is 0 Å². The minimum absolute atomic E-state index is 0.172. The molecule has 0 radical (unpaired) electrons. The number of benzene rings is 3. The quantitative estimate of drug-likeness (QED) is 0.554. The van der Waals surface area contributed by atoms with Crippen LogP contribution in [0.25, 0.3) is 21.7 Å². The van der Waals surface area contributed by atoms with Gasteiger partial charge in [-0.3, -0.25) is 14.6 Å². The number of nitrogens with one attached hydrogen (secondary N) is 1. The van der Waals surface area contributed by atoms with E-state index in [0.717, 1.165) is 32.8 Å². The van der Waals surface area contributed by atoms with Crippen molar-refractivity contribution in [2.75, 3.05) is 0 Å². The van der Waals surface area contributed by atoms with Crippen molar-refractivity contribution in [3.63, 3.8) is 0 Å². The lowest BCUT2D eigenvalue weighted by atomic mass is 10.0. The molecule has 0 spiro atoms. The van der Waals surface area contributed by atoms with Crippen molar-refractivity contribution in [2.24, 2.45) is 0 Å². The Balaban J connectivity index is 1.41. The summed E-state index contributed by atoms with van der Waals surface area (Å²) in [7, 11) is 0. The standard InChI is InChI=1S/C22H18N2O2/c25-21(14-18-9-3-7-16-6-1-2-12-20(16)18)24-26-15-19-10-4-8-17-11-5-13-23-22(17)19/h1-13H,14-15H2,(H,24,25). The van der Waals surface area contributed by atoms with E-state index in [2.05, 4.69) is 10.5 Å². The molecular formula is C22H18N2O2. The maximum atomic E-state index is 12.3. The number of amides is 1. The van der Waals surface area contributed by atoms with Gasteiger partial charge in [-0.05, 0) is 22.4 Å². The number of hydrogen-bond donors (Lipinski definition) is 1. The summed E-state index contributed by atoms with van der Waals surface area (Å²) in [6.07, 6.45) is 2.03. The number of carbonyl (C=O) groups is 1. The zero-order valence-corrected chi connectivity index (χ0v) is 14.2. The summed E-state index contributed by atoms with van der Waals surface area (Å²) < 4.78 is 0. The molecular weight excluding hydrogens is 324 g/mol. The number of nitrogens with zero attached hydrogens (tertiary/aromatic N) is 1. The molecule has 0 atom stereocenters. The first-order valence-corrected chi connectivity index (χ1v) is 8.51. The second-order valence-corrected chi connectivity index (χ2v) is 6.12. The molecule has 1 amide bonds. The average molecular weight is 342 g/mol. The topological polar surface area (TPSA) is 51.2 Å². The summed E-state index contributed by atoms with van der Waals surface area (Å²) in [5.74, 6) is -0.172. The molecule has 0 bridgehead atoms. The summed E-state index contributed by atoms with van der Waals surface area (Å²) in [5, 5.41) is 3.26. The number of hydroxylamine groups is 1. The number of pyridine rings is 1. The van der Waals surface area contributed by atoms with Crippen molar-refractivity contribution in [1.29, 1.82) is 0 Å². The van der Waals surface area contributed by atoms with Gasteiger partial charge in [0.05, 0.1) is 11.9 Å². The van der Waals surface area contributed by atoms with Crippen molar-refractivity contribution in [3.05, 3.63) is 90.1 Å². The second-order valence-electron chi connectivity index (χ2n) is 6.12. The third-order valence-electron chi connectivity index (χ3n) is 4.36. The van der Waals surface area contributed by atoms with Crippen LogP contribution in [-0.4, -0.2) is 10.9 Å². The molecule has 0 aliphatic heterocycles. The van der Waals surface area contributed by atoms with Gasteiger partial charge in [0.25, 0.3) is 0 Å². The highest BCUT2D eigenvalue weighted by Crippen LogP contribution is 2.19. The van der Waals surface area contributed by atoms with Crippen molar-refractivity contribution >= 4 is 27.6 Å². The van der Waals surface area contributed by atoms with Crippen LogP contribution >= 0.6 is 0 Å².